The van der Waals surface area contributed by atoms with E-state index in [0.29, 0.717) is 11.8 Å². The highest BCUT2D eigenvalue weighted by Gasteiger charge is 2.54. The molecule has 0 aromatic carbocycles. The molecule has 10 heteroatoms. The summed E-state index contributed by atoms with van der Waals surface area (Å²) in [6.45, 7) is 9.39. The number of aliphatic imine (C=N–C) groups is 1. The van der Waals surface area contributed by atoms with Crippen molar-refractivity contribution in [2.24, 2.45) is 4.99 Å². The van der Waals surface area contributed by atoms with Crippen LogP contribution in [-0.2, 0) is 27.2 Å². The van der Waals surface area contributed by atoms with Crippen LogP contribution in [0.4, 0.5) is 4.79 Å². The number of nitrogens with zero attached hydrogens (tertiary/aromatic N) is 6. The first-order chi connectivity index (χ1) is 14.2. The third-order valence-electron chi connectivity index (χ3n) is 5.23. The fourth-order valence-corrected chi connectivity index (χ4v) is 3.71. The number of amidine groups is 1. The van der Waals surface area contributed by atoms with Crippen LogP contribution in [0.1, 0.15) is 46.0 Å². The molecular weight excluding hydrogens is 388 g/mol. The number of urea groups is 1. The fourth-order valence-electron chi connectivity index (χ4n) is 3.71. The van der Waals surface area contributed by atoms with E-state index in [1.807, 2.05) is 38.3 Å². The van der Waals surface area contributed by atoms with Gasteiger partial charge in [-0.25, -0.2) is 14.3 Å². The molecule has 0 bridgehead atoms. The van der Waals surface area contributed by atoms with Gasteiger partial charge >= 0.3 is 18.0 Å². The van der Waals surface area contributed by atoms with E-state index in [1.54, 1.807) is 18.7 Å². The van der Waals surface area contributed by atoms with Gasteiger partial charge in [0.1, 0.15) is 12.2 Å². The van der Waals surface area contributed by atoms with Gasteiger partial charge < -0.3 is 4.74 Å². The Bertz CT molecular complexity index is 945. The maximum Gasteiger partial charge on any atom is 0.421 e. The first-order valence-electron chi connectivity index (χ1n) is 10.3. The molecule has 0 saturated carbocycles. The van der Waals surface area contributed by atoms with Gasteiger partial charge in [0.25, 0.3) is 5.91 Å². The van der Waals surface area contributed by atoms with Crippen LogP contribution in [0.5, 0.6) is 0 Å². The molecule has 1 atom stereocenters. The lowest BCUT2D eigenvalue weighted by Gasteiger charge is -2.34. The third-order valence-corrected chi connectivity index (χ3v) is 5.23. The summed E-state index contributed by atoms with van der Waals surface area (Å²) in [5.41, 5.74) is 1.90. The predicted molar refractivity (Wildman–Crippen MR) is 110 cm³/mol. The molecule has 1 fully saturated rings. The molecule has 2 aliphatic heterocycles. The van der Waals surface area contributed by atoms with Gasteiger partial charge in [0.05, 0.1) is 18.3 Å². The summed E-state index contributed by atoms with van der Waals surface area (Å²) in [7, 11) is 1.56. The zero-order valence-corrected chi connectivity index (χ0v) is 18.4. The summed E-state index contributed by atoms with van der Waals surface area (Å²) < 4.78 is 8.54. The molecule has 1 saturated heterocycles. The lowest BCUT2D eigenvalue weighted by atomic mass is 10.1. The summed E-state index contributed by atoms with van der Waals surface area (Å²) in [4.78, 5) is 45.0. The van der Waals surface area contributed by atoms with Crippen LogP contribution >= 0.6 is 0 Å². The Hall–Kier alpha value is -3.04. The summed E-state index contributed by atoms with van der Waals surface area (Å²) in [6, 6.07) is 0.520. The van der Waals surface area contributed by atoms with Gasteiger partial charge in [0.2, 0.25) is 11.9 Å². The number of carbonyl (C=O) groups is 3. The third kappa shape index (κ3) is 3.50. The lowest BCUT2D eigenvalue weighted by molar-refractivity contribution is -0.567. The smallest absolute Gasteiger partial charge is 0.421 e. The van der Waals surface area contributed by atoms with Crippen LogP contribution in [-0.4, -0.2) is 86.1 Å². The summed E-state index contributed by atoms with van der Waals surface area (Å²) >= 11 is 0. The second-order valence-corrected chi connectivity index (χ2v) is 7.49. The molecule has 162 valence electrons. The molecule has 10 nitrogen and oxygen atoms in total. The second-order valence-electron chi connectivity index (χ2n) is 7.49. The van der Waals surface area contributed by atoms with Crippen LogP contribution in [0.25, 0.3) is 0 Å². The minimum Gasteiger partial charge on any atom is -0.465 e. The number of ether oxygens (including phenoxy) is 1. The molecule has 3 heterocycles. The molecule has 3 amide bonds. The number of aromatic nitrogens is 2. The zero-order chi connectivity index (χ0) is 22.2. The summed E-state index contributed by atoms with van der Waals surface area (Å²) in [5.74, 6) is -0.273. The normalized spacial score (nSPS) is 19.0. The van der Waals surface area contributed by atoms with Crippen LogP contribution in [0.2, 0.25) is 0 Å². The number of aryl methyl sites for hydroxylation is 2. The molecule has 1 unspecified atom stereocenters. The summed E-state index contributed by atoms with van der Waals surface area (Å²) in [5, 5.41) is 4.66. The van der Waals surface area contributed by atoms with Crippen molar-refractivity contribution in [2.45, 2.75) is 59.5 Å². The van der Waals surface area contributed by atoms with E-state index in [4.69, 9.17) is 4.74 Å². The molecule has 0 N–H and O–H groups in total. The summed E-state index contributed by atoms with van der Waals surface area (Å²) in [6.07, 6.45) is 1.52. The number of hydrogen-bond acceptors (Lipinski definition) is 6. The number of hydrogen-bond donors (Lipinski definition) is 0. The Morgan fingerprint density at radius 3 is 2.50 bits per heavy atom. The molecule has 0 radical (unpaired) electrons. The second kappa shape index (κ2) is 8.37. The van der Waals surface area contributed by atoms with E-state index in [-0.39, 0.29) is 12.6 Å². The Balaban J connectivity index is 2.10. The highest BCUT2D eigenvalue weighted by atomic mass is 16.5. The first kappa shape index (κ1) is 21.7. The standard InChI is InChI=1S/C20H29N6O4/c1-7-13-10-14(8-2)26(22-13)19-21-17-16(25(19)12(4)5)18(28)24(20(29)23(17)6)11-15(27)30-9-3/h10,12,16H,7-9,11H2,1-6H3/q+1. The predicted octanol–water partition coefficient (Wildman–Crippen LogP) is 0.871. The highest BCUT2D eigenvalue weighted by Crippen LogP contribution is 2.23. The van der Waals surface area contributed by atoms with Gasteiger partial charge in [-0.3, -0.25) is 14.5 Å². The Labute approximate surface area is 175 Å². The molecule has 0 aliphatic carbocycles. The largest absolute Gasteiger partial charge is 0.465 e. The van der Waals surface area contributed by atoms with Crippen molar-refractivity contribution >= 4 is 29.7 Å². The van der Waals surface area contributed by atoms with E-state index in [2.05, 4.69) is 10.1 Å². The Morgan fingerprint density at radius 2 is 1.93 bits per heavy atom. The number of amides is 3. The molecule has 3 rings (SSSR count). The fraction of sp³-hybridized carbons (Fsp3) is 0.600. The van der Waals surface area contributed by atoms with E-state index >= 15 is 0 Å². The van der Waals surface area contributed by atoms with E-state index < -0.39 is 30.5 Å². The van der Waals surface area contributed by atoms with Crippen molar-refractivity contribution in [3.8, 4) is 0 Å². The molecular formula is C20H29N6O4+. The highest BCUT2D eigenvalue weighted by molar-refractivity contribution is 6.23. The average Bonchev–Trinajstić information content (AvgIpc) is 3.31. The first-order valence-corrected chi connectivity index (χ1v) is 10.3. The monoisotopic (exact) mass is 417 g/mol. The minimum absolute atomic E-state index is 0.0970. The quantitative estimate of drug-likeness (QED) is 0.505. The van der Waals surface area contributed by atoms with Crippen LogP contribution in [0.15, 0.2) is 11.1 Å². The molecule has 30 heavy (non-hydrogen) atoms. The number of fused-ring (bicyclic) bond motifs is 1. The maximum absolute atomic E-state index is 13.3. The van der Waals surface area contributed by atoms with Crippen molar-refractivity contribution in [2.75, 3.05) is 20.2 Å². The van der Waals surface area contributed by atoms with E-state index in [0.717, 1.165) is 29.1 Å². The van der Waals surface area contributed by atoms with Gasteiger partial charge in [0, 0.05) is 13.5 Å². The van der Waals surface area contributed by atoms with Crippen LogP contribution < -0.4 is 0 Å². The van der Waals surface area contributed by atoms with Gasteiger partial charge in [0.15, 0.2) is 0 Å². The molecule has 1 aromatic rings. The lowest BCUT2D eigenvalue weighted by Crippen LogP contribution is -2.64. The van der Waals surface area contributed by atoms with Crippen molar-refractivity contribution in [1.82, 2.24) is 19.6 Å². The number of carbonyl (C=O) groups excluding carboxylic acids is 3. The number of rotatable bonds is 6. The molecule has 1 aromatic heterocycles. The van der Waals surface area contributed by atoms with Crippen LogP contribution in [0, 0.1) is 0 Å². The van der Waals surface area contributed by atoms with Crippen molar-refractivity contribution in [1.29, 1.82) is 0 Å². The van der Waals surface area contributed by atoms with Gasteiger partial charge in [-0.15, -0.1) is 9.78 Å². The zero-order valence-electron chi connectivity index (χ0n) is 18.4. The van der Waals surface area contributed by atoms with Crippen LogP contribution in [0.3, 0.4) is 0 Å². The Morgan fingerprint density at radius 1 is 1.23 bits per heavy atom. The van der Waals surface area contributed by atoms with Crippen molar-refractivity contribution in [3.05, 3.63) is 17.5 Å². The Kier molecular flexibility index (Phi) is 6.04. The number of esters is 1. The van der Waals surface area contributed by atoms with Gasteiger partial charge in [-0.2, -0.15) is 0 Å². The molecule has 2 aliphatic rings. The van der Waals surface area contributed by atoms with E-state index in [9.17, 15) is 14.4 Å². The number of likely N-dealkylation sites (N-methyl/N-ethyl adjacent to an activating group) is 1. The average molecular weight is 417 g/mol. The SMILES string of the molecule is CCOC(=O)CN1C(=O)C2C(=NC(n3nc(CC)cc3CC)=[N+]2C(C)C)N(C)C1=O. The maximum atomic E-state index is 13.3. The van der Waals surface area contributed by atoms with E-state index in [1.165, 1.54) is 4.90 Å². The molecule has 0 spiro atoms. The van der Waals surface area contributed by atoms with Crippen molar-refractivity contribution < 1.29 is 23.7 Å². The minimum atomic E-state index is -0.809. The van der Waals surface area contributed by atoms with Crippen molar-refractivity contribution in [3.63, 3.8) is 0 Å². The number of imide groups is 1. The van der Waals surface area contributed by atoms with Gasteiger partial charge in [-0.05, 0) is 33.3 Å². The van der Waals surface area contributed by atoms with Gasteiger partial charge in [-0.1, -0.05) is 18.8 Å². The topological polar surface area (TPSA) is 100 Å².